The SMILES string of the molecule is Cc1ccc(S(=O)(=O)O)c(Nc2nc(Nc3ccc(S(=O)(=O)O)c(Nc4ccc5c6c(cc(=O)n5C)-c5ccccc5C(=O)c46)c3)nc(N3CCOCC3)n2)c1. The first-order valence-electron chi connectivity index (χ1n) is 17.1. The third kappa shape index (κ3) is 6.81. The molecule has 1 fully saturated rings. The number of benzene rings is 4. The fourth-order valence-electron chi connectivity index (χ4n) is 6.83. The lowest BCUT2D eigenvalue weighted by Crippen LogP contribution is -2.37. The molecular formula is C37H32N8O9S2. The average molecular weight is 797 g/mol. The van der Waals surface area contributed by atoms with Crippen molar-refractivity contribution in [1.82, 2.24) is 19.5 Å². The molecule has 19 heteroatoms. The Balaban J connectivity index is 1.22. The van der Waals surface area contributed by atoms with E-state index in [-0.39, 0.29) is 57.5 Å². The Hall–Kier alpha value is -6.25. The number of carbonyl (C=O) groups is 1. The second-order valence-electron chi connectivity index (χ2n) is 13.1. The molecule has 8 rings (SSSR count). The number of rotatable bonds is 9. The minimum Gasteiger partial charge on any atom is -0.378 e. The number of nitrogens with zero attached hydrogens (tertiary/aromatic N) is 5. The highest BCUT2D eigenvalue weighted by atomic mass is 32.2. The number of ketones is 1. The quantitative estimate of drug-likeness (QED) is 0.123. The Bertz CT molecular complexity index is 2910. The van der Waals surface area contributed by atoms with E-state index in [4.69, 9.17) is 4.74 Å². The van der Waals surface area contributed by atoms with E-state index in [0.29, 0.717) is 59.5 Å². The van der Waals surface area contributed by atoms with Crippen molar-refractivity contribution in [2.45, 2.75) is 16.7 Å². The van der Waals surface area contributed by atoms with E-state index in [9.17, 15) is 35.5 Å². The summed E-state index contributed by atoms with van der Waals surface area (Å²) in [6.07, 6.45) is 0. The first-order chi connectivity index (χ1) is 26.7. The van der Waals surface area contributed by atoms with Crippen LogP contribution in [0.5, 0.6) is 0 Å². The maximum atomic E-state index is 14.1. The summed E-state index contributed by atoms with van der Waals surface area (Å²) in [6, 6.07) is 19.8. The standard InChI is InChI=1S/C37H32N8O9S2/c1-20-7-11-29(55(48,49)50)26(17-20)40-36-41-35(42-37(43-36)45-13-15-54-16-14-45)38-21-8-12-30(56(51,52)53)27(18-21)39-25-9-10-28-32-24(19-31(46)44(28)2)22-5-3-4-6-23(22)34(47)33(25)32/h3-12,17-19,39H,13-16H2,1-2H3,(H,48,49,50)(H,51,52,53)(H2,38,40,41,42,43). The van der Waals surface area contributed by atoms with Crippen molar-refractivity contribution in [3.63, 3.8) is 0 Å². The number of nitrogens with one attached hydrogen (secondary N) is 3. The number of carbonyl (C=O) groups excluding carboxylic acids is 1. The maximum absolute atomic E-state index is 14.1. The maximum Gasteiger partial charge on any atom is 0.296 e. The summed E-state index contributed by atoms with van der Waals surface area (Å²) in [4.78, 5) is 41.5. The molecule has 0 bridgehead atoms. The van der Waals surface area contributed by atoms with E-state index in [0.717, 1.165) is 6.07 Å². The predicted octanol–water partition coefficient (Wildman–Crippen LogP) is 4.80. The molecule has 3 heterocycles. The first kappa shape index (κ1) is 36.7. The van der Waals surface area contributed by atoms with Crippen LogP contribution in [0.2, 0.25) is 0 Å². The second-order valence-corrected chi connectivity index (χ2v) is 15.9. The van der Waals surface area contributed by atoms with Gasteiger partial charge in [-0.05, 0) is 66.1 Å². The topological polar surface area (TPSA) is 235 Å². The average Bonchev–Trinajstić information content (AvgIpc) is 3.15. The molecule has 5 N–H and O–H groups in total. The van der Waals surface area contributed by atoms with Gasteiger partial charge in [0, 0.05) is 42.8 Å². The molecule has 1 aliphatic heterocycles. The third-order valence-corrected chi connectivity index (χ3v) is 11.3. The second kappa shape index (κ2) is 13.8. The summed E-state index contributed by atoms with van der Waals surface area (Å²) in [7, 11) is -7.86. The molecule has 286 valence electrons. The van der Waals surface area contributed by atoms with E-state index in [1.165, 1.54) is 41.0 Å². The van der Waals surface area contributed by atoms with Gasteiger partial charge < -0.3 is 30.2 Å². The number of morpholine rings is 1. The summed E-state index contributed by atoms with van der Waals surface area (Å²) in [5.74, 6) is -0.254. The van der Waals surface area contributed by atoms with Gasteiger partial charge in [0.25, 0.3) is 25.8 Å². The molecule has 2 aliphatic rings. The molecule has 0 unspecified atom stereocenters. The van der Waals surface area contributed by atoms with Gasteiger partial charge in [0.05, 0.1) is 41.4 Å². The molecule has 1 saturated heterocycles. The Morgan fingerprint density at radius 3 is 2.04 bits per heavy atom. The van der Waals surface area contributed by atoms with E-state index < -0.39 is 30.0 Å². The van der Waals surface area contributed by atoms with Gasteiger partial charge in [-0.3, -0.25) is 18.7 Å². The third-order valence-electron chi connectivity index (χ3n) is 9.46. The zero-order valence-corrected chi connectivity index (χ0v) is 31.3. The molecule has 4 aromatic carbocycles. The number of pyridine rings is 1. The van der Waals surface area contributed by atoms with Gasteiger partial charge in [0.15, 0.2) is 5.78 Å². The fraction of sp³-hybridized carbons (Fsp3) is 0.162. The van der Waals surface area contributed by atoms with Crippen LogP contribution in [-0.4, -0.2) is 77.5 Å². The highest BCUT2D eigenvalue weighted by molar-refractivity contribution is 7.86. The molecule has 0 amide bonds. The van der Waals surface area contributed by atoms with Gasteiger partial charge in [-0.1, -0.05) is 30.3 Å². The summed E-state index contributed by atoms with van der Waals surface area (Å²) >= 11 is 0. The van der Waals surface area contributed by atoms with Gasteiger partial charge in [-0.2, -0.15) is 31.8 Å². The summed E-state index contributed by atoms with van der Waals surface area (Å²) in [6.45, 7) is 3.42. The molecule has 0 spiro atoms. The highest BCUT2D eigenvalue weighted by Gasteiger charge is 2.30. The van der Waals surface area contributed by atoms with E-state index >= 15 is 0 Å². The van der Waals surface area contributed by atoms with E-state index in [2.05, 4.69) is 30.9 Å². The lowest BCUT2D eigenvalue weighted by atomic mass is 9.83. The molecule has 1 aliphatic carbocycles. The highest BCUT2D eigenvalue weighted by Crippen LogP contribution is 2.43. The number of hydrogen-bond donors (Lipinski definition) is 5. The predicted molar refractivity (Wildman–Crippen MR) is 208 cm³/mol. The van der Waals surface area contributed by atoms with Gasteiger partial charge in [-0.25, -0.2) is 0 Å². The van der Waals surface area contributed by atoms with Crippen LogP contribution >= 0.6 is 0 Å². The van der Waals surface area contributed by atoms with Crippen molar-refractivity contribution in [3.05, 3.63) is 106 Å². The van der Waals surface area contributed by atoms with Crippen molar-refractivity contribution >= 4 is 77.5 Å². The van der Waals surface area contributed by atoms with Crippen LogP contribution in [0.15, 0.2) is 93.4 Å². The lowest BCUT2D eigenvalue weighted by Gasteiger charge is -2.27. The van der Waals surface area contributed by atoms with Crippen LogP contribution in [-0.2, 0) is 32.0 Å². The van der Waals surface area contributed by atoms with E-state index in [1.54, 1.807) is 50.4 Å². The minimum atomic E-state index is -4.82. The van der Waals surface area contributed by atoms with Crippen LogP contribution in [0, 0.1) is 6.92 Å². The first-order valence-corrected chi connectivity index (χ1v) is 19.9. The molecule has 0 saturated carbocycles. The van der Waals surface area contributed by atoms with Gasteiger partial charge in [-0.15, -0.1) is 0 Å². The minimum absolute atomic E-state index is 0.0151. The van der Waals surface area contributed by atoms with Crippen molar-refractivity contribution in [1.29, 1.82) is 0 Å². The van der Waals surface area contributed by atoms with Gasteiger partial charge in [0.1, 0.15) is 9.79 Å². The molecule has 17 nitrogen and oxygen atoms in total. The van der Waals surface area contributed by atoms with Crippen molar-refractivity contribution in [2.75, 3.05) is 47.2 Å². The lowest BCUT2D eigenvalue weighted by molar-refractivity contribution is 0.104. The molecular weight excluding hydrogens is 765 g/mol. The zero-order chi connectivity index (χ0) is 39.5. The molecule has 56 heavy (non-hydrogen) atoms. The van der Waals surface area contributed by atoms with Crippen molar-refractivity contribution in [3.8, 4) is 11.1 Å². The van der Waals surface area contributed by atoms with Crippen LogP contribution in [0.1, 0.15) is 21.5 Å². The molecule has 0 atom stereocenters. The van der Waals surface area contributed by atoms with Crippen LogP contribution < -0.4 is 26.4 Å². The Morgan fingerprint density at radius 2 is 1.34 bits per heavy atom. The summed E-state index contributed by atoms with van der Waals surface area (Å²) in [5.41, 5.74) is 2.97. The van der Waals surface area contributed by atoms with Crippen LogP contribution in [0.3, 0.4) is 0 Å². The smallest absolute Gasteiger partial charge is 0.296 e. The zero-order valence-electron chi connectivity index (χ0n) is 29.6. The van der Waals surface area contributed by atoms with Crippen molar-refractivity contribution < 1.29 is 35.5 Å². The van der Waals surface area contributed by atoms with Crippen LogP contribution in [0.4, 0.5) is 40.6 Å². The summed E-state index contributed by atoms with van der Waals surface area (Å²) in [5, 5.41) is 9.46. The number of ether oxygens (including phenoxy) is 1. The number of fused-ring (bicyclic) bond motifs is 2. The number of aromatic nitrogens is 4. The Kier molecular flexibility index (Phi) is 9.05. The Morgan fingerprint density at radius 1 is 0.696 bits per heavy atom. The fourth-order valence-corrected chi connectivity index (χ4v) is 8.09. The number of hydrogen-bond acceptors (Lipinski definition) is 14. The van der Waals surface area contributed by atoms with Gasteiger partial charge in [0.2, 0.25) is 17.8 Å². The Labute approximate surface area is 319 Å². The van der Waals surface area contributed by atoms with E-state index in [1.807, 2.05) is 4.90 Å². The molecule has 2 aromatic heterocycles. The van der Waals surface area contributed by atoms with Crippen LogP contribution in [0.25, 0.3) is 22.0 Å². The monoisotopic (exact) mass is 796 g/mol. The largest absolute Gasteiger partial charge is 0.378 e. The van der Waals surface area contributed by atoms with Gasteiger partial charge >= 0.3 is 0 Å². The summed E-state index contributed by atoms with van der Waals surface area (Å²) < 4.78 is 76.8. The number of aryl methyl sites for hydroxylation is 2. The van der Waals surface area contributed by atoms with Crippen molar-refractivity contribution in [2.24, 2.45) is 7.05 Å². The number of anilines is 7. The molecule has 6 aromatic rings. The molecule has 0 radical (unpaired) electrons. The normalized spacial score (nSPS) is 14.1.